The van der Waals surface area contributed by atoms with Gasteiger partial charge in [0.15, 0.2) is 10.9 Å². The van der Waals surface area contributed by atoms with E-state index in [-0.39, 0.29) is 12.0 Å². The van der Waals surface area contributed by atoms with Crippen LogP contribution in [0.5, 0.6) is 0 Å². The van der Waals surface area contributed by atoms with Crippen LogP contribution in [0.15, 0.2) is 28.6 Å². The number of ether oxygens (including phenoxy) is 1. The van der Waals surface area contributed by atoms with E-state index < -0.39 is 11.9 Å². The van der Waals surface area contributed by atoms with Crippen molar-refractivity contribution >= 4 is 51.0 Å². The average Bonchev–Trinajstić information content (AvgIpc) is 3.27. The maximum Gasteiger partial charge on any atom is 0.339 e. The van der Waals surface area contributed by atoms with Gasteiger partial charge in [0.1, 0.15) is 0 Å². The molecule has 3 aromatic rings. The van der Waals surface area contributed by atoms with Gasteiger partial charge in [-0.25, -0.2) is 4.79 Å². The molecule has 34 heavy (non-hydrogen) atoms. The molecule has 0 saturated heterocycles. The van der Waals surface area contributed by atoms with Crippen molar-refractivity contribution in [3.8, 4) is 0 Å². The molecule has 0 fully saturated rings. The van der Waals surface area contributed by atoms with Gasteiger partial charge < -0.3 is 4.74 Å². The van der Waals surface area contributed by atoms with Gasteiger partial charge in [0, 0.05) is 11.1 Å². The first-order valence-corrected chi connectivity index (χ1v) is 13.5. The van der Waals surface area contributed by atoms with E-state index >= 15 is 0 Å². The Labute approximate surface area is 208 Å². The number of hydrogen-bond acceptors (Lipinski definition) is 8. The lowest BCUT2D eigenvalue weighted by Crippen LogP contribution is -2.31. The van der Waals surface area contributed by atoms with Crippen LogP contribution in [-0.2, 0) is 22.4 Å². The van der Waals surface area contributed by atoms with E-state index in [9.17, 15) is 9.59 Å². The second kappa shape index (κ2) is 10.4. The van der Waals surface area contributed by atoms with Crippen LogP contribution in [0.25, 0.3) is 10.9 Å². The van der Waals surface area contributed by atoms with Crippen LogP contribution in [0.1, 0.15) is 62.2 Å². The number of aromatic nitrogens is 3. The Bertz CT molecular complexity index is 1210. The molecule has 1 aliphatic carbocycles. The molecule has 0 radical (unpaired) electrons. The normalized spacial score (nSPS) is 15.7. The summed E-state index contributed by atoms with van der Waals surface area (Å²) < 4.78 is 6.30. The van der Waals surface area contributed by atoms with E-state index in [1.54, 1.807) is 11.8 Å². The predicted octanol–water partition coefficient (Wildman–Crippen LogP) is 5.53. The van der Waals surface area contributed by atoms with Gasteiger partial charge in [-0.05, 0) is 48.0 Å². The molecule has 7 nitrogen and oxygen atoms in total. The Morgan fingerprint density at radius 3 is 2.79 bits per heavy atom. The SMILES string of the molecule is CCSc1nnc(NC(=O)COC(=O)c2c3c(nc4ccccc24)CCC(C(C)(C)CC)C3)s1. The summed E-state index contributed by atoms with van der Waals surface area (Å²) in [6.07, 6.45) is 3.74. The first-order chi connectivity index (χ1) is 16.3. The highest BCUT2D eigenvalue weighted by Gasteiger charge is 2.34. The number of thioether (sulfide) groups is 1. The third-order valence-electron chi connectivity index (χ3n) is 6.73. The summed E-state index contributed by atoms with van der Waals surface area (Å²) in [5, 5.41) is 11.8. The molecule has 0 aliphatic heterocycles. The minimum absolute atomic E-state index is 0.168. The van der Waals surface area contributed by atoms with Gasteiger partial charge in [-0.2, -0.15) is 0 Å². The van der Waals surface area contributed by atoms with E-state index in [0.717, 1.165) is 57.9 Å². The fourth-order valence-corrected chi connectivity index (χ4v) is 6.04. The summed E-state index contributed by atoms with van der Waals surface area (Å²) in [6.45, 7) is 8.43. The standard InChI is InChI=1S/C25H30N4O3S2/c1-5-25(3,4)15-11-12-19-17(13-15)21(16-9-7-8-10-18(16)26-19)22(31)32-14-20(30)27-23-28-29-24(34-23)33-6-2/h7-10,15H,5-6,11-14H2,1-4H3,(H,27,28,30). The lowest BCUT2D eigenvalue weighted by molar-refractivity contribution is -0.119. The first kappa shape index (κ1) is 24.6. The molecule has 1 N–H and O–H groups in total. The largest absolute Gasteiger partial charge is 0.452 e. The molecule has 0 bridgehead atoms. The van der Waals surface area contributed by atoms with E-state index in [1.807, 2.05) is 31.2 Å². The maximum absolute atomic E-state index is 13.3. The summed E-state index contributed by atoms with van der Waals surface area (Å²) >= 11 is 2.86. The molecule has 1 aliphatic rings. The monoisotopic (exact) mass is 498 g/mol. The summed E-state index contributed by atoms with van der Waals surface area (Å²) in [4.78, 5) is 30.6. The van der Waals surface area contributed by atoms with Crippen LogP contribution in [0.3, 0.4) is 0 Å². The molecule has 1 atom stereocenters. The summed E-state index contributed by atoms with van der Waals surface area (Å²) in [5.74, 6) is 0.408. The van der Waals surface area contributed by atoms with Crippen molar-refractivity contribution < 1.29 is 14.3 Å². The van der Waals surface area contributed by atoms with Crippen molar-refractivity contribution in [2.24, 2.45) is 11.3 Å². The Morgan fingerprint density at radius 1 is 1.24 bits per heavy atom. The molecular formula is C25H30N4O3S2. The highest BCUT2D eigenvalue weighted by molar-refractivity contribution is 8.01. The van der Waals surface area contributed by atoms with Crippen molar-refractivity contribution in [3.63, 3.8) is 0 Å². The number of aryl methyl sites for hydroxylation is 1. The third-order valence-corrected chi connectivity index (χ3v) is 8.59. The number of nitrogens with zero attached hydrogens (tertiary/aromatic N) is 3. The lowest BCUT2D eigenvalue weighted by Gasteiger charge is -2.37. The van der Waals surface area contributed by atoms with Gasteiger partial charge in [0.25, 0.3) is 5.91 Å². The summed E-state index contributed by atoms with van der Waals surface area (Å²) in [5.41, 5.74) is 3.42. The Morgan fingerprint density at radius 2 is 2.03 bits per heavy atom. The molecule has 1 aromatic carbocycles. The maximum atomic E-state index is 13.3. The third kappa shape index (κ3) is 5.25. The Hall–Kier alpha value is -2.52. The van der Waals surface area contributed by atoms with E-state index in [1.165, 1.54) is 11.3 Å². The smallest absolute Gasteiger partial charge is 0.339 e. The van der Waals surface area contributed by atoms with Crippen LogP contribution in [0.4, 0.5) is 5.13 Å². The highest BCUT2D eigenvalue weighted by atomic mass is 32.2. The van der Waals surface area contributed by atoms with Crippen molar-refractivity contribution in [2.45, 2.75) is 57.7 Å². The molecule has 2 aromatic heterocycles. The highest BCUT2D eigenvalue weighted by Crippen LogP contribution is 2.41. The number of carbonyl (C=O) groups excluding carboxylic acids is 2. The first-order valence-electron chi connectivity index (χ1n) is 11.7. The Balaban J connectivity index is 1.55. The number of amides is 1. The number of pyridine rings is 1. The number of fused-ring (bicyclic) bond motifs is 2. The number of rotatable bonds is 8. The van der Waals surface area contributed by atoms with Crippen LogP contribution in [0, 0.1) is 11.3 Å². The number of nitrogens with one attached hydrogen (secondary N) is 1. The van der Waals surface area contributed by atoms with E-state index in [4.69, 9.17) is 9.72 Å². The zero-order valence-corrected chi connectivity index (χ0v) is 21.6. The van der Waals surface area contributed by atoms with Gasteiger partial charge in [-0.3, -0.25) is 15.1 Å². The van der Waals surface area contributed by atoms with Crippen molar-refractivity contribution in [1.82, 2.24) is 15.2 Å². The zero-order valence-electron chi connectivity index (χ0n) is 20.0. The van der Waals surface area contributed by atoms with Crippen LogP contribution in [0.2, 0.25) is 0 Å². The number of para-hydroxylation sites is 1. The summed E-state index contributed by atoms with van der Waals surface area (Å²) in [6, 6.07) is 7.64. The number of hydrogen-bond donors (Lipinski definition) is 1. The molecule has 9 heteroatoms. The molecule has 0 spiro atoms. The number of carbonyl (C=O) groups is 2. The van der Waals surface area contributed by atoms with E-state index in [0.29, 0.717) is 16.6 Å². The lowest BCUT2D eigenvalue weighted by atomic mass is 9.68. The topological polar surface area (TPSA) is 94.1 Å². The molecule has 1 amide bonds. The fourth-order valence-electron chi connectivity index (χ4n) is 4.38. The second-order valence-corrected chi connectivity index (χ2v) is 11.6. The van der Waals surface area contributed by atoms with Crippen molar-refractivity contribution in [3.05, 3.63) is 41.1 Å². The molecule has 1 unspecified atom stereocenters. The molecule has 2 heterocycles. The Kier molecular flexibility index (Phi) is 7.52. The van der Waals surface area contributed by atoms with Gasteiger partial charge in [-0.15, -0.1) is 10.2 Å². The molecule has 0 saturated carbocycles. The van der Waals surface area contributed by atoms with Crippen LogP contribution < -0.4 is 5.32 Å². The number of esters is 1. The van der Waals surface area contributed by atoms with E-state index in [2.05, 4.69) is 36.3 Å². The number of anilines is 1. The van der Waals surface area contributed by atoms with Crippen molar-refractivity contribution in [1.29, 1.82) is 0 Å². The van der Waals surface area contributed by atoms with Gasteiger partial charge in [-0.1, -0.05) is 75.4 Å². The average molecular weight is 499 g/mol. The van der Waals surface area contributed by atoms with Gasteiger partial charge >= 0.3 is 5.97 Å². The summed E-state index contributed by atoms with van der Waals surface area (Å²) in [7, 11) is 0. The fraction of sp³-hybridized carbons (Fsp3) is 0.480. The molecule has 4 rings (SSSR count). The van der Waals surface area contributed by atoms with Crippen molar-refractivity contribution in [2.75, 3.05) is 17.7 Å². The number of benzene rings is 1. The predicted molar refractivity (Wildman–Crippen MR) is 137 cm³/mol. The molecule has 180 valence electrons. The quantitative estimate of drug-likeness (QED) is 0.248. The molecular weight excluding hydrogens is 468 g/mol. The minimum Gasteiger partial charge on any atom is -0.452 e. The minimum atomic E-state index is -0.487. The van der Waals surface area contributed by atoms with Gasteiger partial charge in [0.2, 0.25) is 5.13 Å². The van der Waals surface area contributed by atoms with Gasteiger partial charge in [0.05, 0.1) is 11.1 Å². The zero-order chi connectivity index (χ0) is 24.3. The van der Waals surface area contributed by atoms with Crippen LogP contribution >= 0.6 is 23.1 Å². The second-order valence-electron chi connectivity index (χ2n) is 9.14. The van der Waals surface area contributed by atoms with Crippen LogP contribution in [-0.4, -0.2) is 39.4 Å².